The lowest BCUT2D eigenvalue weighted by Gasteiger charge is -2.19. The Labute approximate surface area is 117 Å². The average Bonchev–Trinajstić information content (AvgIpc) is 2.49. The van der Waals surface area contributed by atoms with Gasteiger partial charge in [-0.3, -0.25) is 4.79 Å². The predicted molar refractivity (Wildman–Crippen MR) is 75.8 cm³/mol. The third-order valence-corrected chi connectivity index (χ3v) is 2.99. The van der Waals surface area contributed by atoms with Crippen molar-refractivity contribution >= 4 is 11.7 Å². The molecular formula is C16H16FNO2. The summed E-state index contributed by atoms with van der Waals surface area (Å²) >= 11 is 0. The standard InChI is InChI=1S/C16H16FNO2/c1-20-16(19)11-15(12-5-3-2-4-6-12)18-14-9-7-13(17)8-10-14/h2-10,15,18H,11H2,1H3/t15-/m0/s1. The van der Waals surface area contributed by atoms with E-state index in [-0.39, 0.29) is 24.2 Å². The highest BCUT2D eigenvalue weighted by molar-refractivity contribution is 5.71. The zero-order valence-corrected chi connectivity index (χ0v) is 11.2. The number of nitrogens with one attached hydrogen (secondary N) is 1. The summed E-state index contributed by atoms with van der Waals surface area (Å²) in [5.74, 6) is -0.590. The lowest BCUT2D eigenvalue weighted by molar-refractivity contribution is -0.140. The molecule has 0 radical (unpaired) electrons. The first-order valence-electron chi connectivity index (χ1n) is 6.33. The summed E-state index contributed by atoms with van der Waals surface area (Å²) in [6.45, 7) is 0. The second-order valence-electron chi connectivity index (χ2n) is 4.39. The maximum absolute atomic E-state index is 12.9. The second-order valence-corrected chi connectivity index (χ2v) is 4.39. The van der Waals surface area contributed by atoms with Crippen LogP contribution in [0, 0.1) is 5.82 Å². The minimum Gasteiger partial charge on any atom is -0.469 e. The summed E-state index contributed by atoms with van der Waals surface area (Å²) in [6, 6.07) is 15.4. The predicted octanol–water partition coefficient (Wildman–Crippen LogP) is 3.54. The lowest BCUT2D eigenvalue weighted by Crippen LogP contribution is -2.16. The fourth-order valence-electron chi connectivity index (χ4n) is 1.93. The molecule has 1 N–H and O–H groups in total. The Hall–Kier alpha value is -2.36. The van der Waals surface area contributed by atoms with Crippen LogP contribution in [0.15, 0.2) is 54.6 Å². The third kappa shape index (κ3) is 3.82. The summed E-state index contributed by atoms with van der Waals surface area (Å²) in [5.41, 5.74) is 1.73. The van der Waals surface area contributed by atoms with Crippen LogP contribution in [0.5, 0.6) is 0 Å². The number of esters is 1. The van der Waals surface area contributed by atoms with Crippen molar-refractivity contribution in [2.24, 2.45) is 0 Å². The smallest absolute Gasteiger partial charge is 0.307 e. The molecule has 3 nitrogen and oxygen atoms in total. The molecule has 0 unspecified atom stereocenters. The third-order valence-electron chi connectivity index (χ3n) is 2.99. The molecule has 2 aromatic rings. The van der Waals surface area contributed by atoms with Crippen LogP contribution in [-0.4, -0.2) is 13.1 Å². The Kier molecular flexibility index (Phi) is 4.71. The molecule has 104 valence electrons. The fraction of sp³-hybridized carbons (Fsp3) is 0.188. The number of benzene rings is 2. The van der Waals surface area contributed by atoms with Crippen molar-refractivity contribution < 1.29 is 13.9 Å². The van der Waals surface area contributed by atoms with Gasteiger partial charge in [-0.2, -0.15) is 0 Å². The Morgan fingerprint density at radius 2 is 1.80 bits per heavy atom. The van der Waals surface area contributed by atoms with Crippen LogP contribution in [0.3, 0.4) is 0 Å². The van der Waals surface area contributed by atoms with Crippen molar-refractivity contribution in [3.63, 3.8) is 0 Å². The number of anilines is 1. The van der Waals surface area contributed by atoms with Gasteiger partial charge in [-0.05, 0) is 29.8 Å². The number of hydrogen-bond acceptors (Lipinski definition) is 3. The first-order chi connectivity index (χ1) is 9.69. The van der Waals surface area contributed by atoms with Gasteiger partial charge in [-0.1, -0.05) is 30.3 Å². The minimum absolute atomic E-state index is 0.206. The van der Waals surface area contributed by atoms with Crippen molar-refractivity contribution in [1.82, 2.24) is 0 Å². The molecule has 2 rings (SSSR count). The van der Waals surface area contributed by atoms with Crippen molar-refractivity contribution in [2.45, 2.75) is 12.5 Å². The minimum atomic E-state index is -0.298. The number of ether oxygens (including phenoxy) is 1. The van der Waals surface area contributed by atoms with E-state index in [1.54, 1.807) is 12.1 Å². The monoisotopic (exact) mass is 273 g/mol. The van der Waals surface area contributed by atoms with Gasteiger partial charge in [0.25, 0.3) is 0 Å². The molecule has 20 heavy (non-hydrogen) atoms. The zero-order valence-electron chi connectivity index (χ0n) is 11.2. The summed E-state index contributed by atoms with van der Waals surface area (Å²) in [6.07, 6.45) is 0.206. The number of carbonyl (C=O) groups is 1. The first-order valence-corrected chi connectivity index (χ1v) is 6.33. The first kappa shape index (κ1) is 14.1. The number of carbonyl (C=O) groups excluding carboxylic acids is 1. The summed E-state index contributed by atoms with van der Waals surface area (Å²) in [5, 5.41) is 3.22. The molecule has 0 aromatic heterocycles. The van der Waals surface area contributed by atoms with E-state index >= 15 is 0 Å². The van der Waals surface area contributed by atoms with Gasteiger partial charge in [-0.15, -0.1) is 0 Å². The van der Waals surface area contributed by atoms with Crippen molar-refractivity contribution in [3.05, 3.63) is 66.0 Å². The number of halogens is 1. The highest BCUT2D eigenvalue weighted by atomic mass is 19.1. The van der Waals surface area contributed by atoms with E-state index in [1.807, 2.05) is 30.3 Å². The van der Waals surface area contributed by atoms with Gasteiger partial charge in [0.1, 0.15) is 5.82 Å². The lowest BCUT2D eigenvalue weighted by atomic mass is 10.0. The molecule has 1 atom stereocenters. The van der Waals surface area contributed by atoms with E-state index < -0.39 is 0 Å². The maximum atomic E-state index is 12.9. The molecule has 0 aliphatic carbocycles. The Bertz CT molecular complexity index is 554. The van der Waals surface area contributed by atoms with Gasteiger partial charge in [0.05, 0.1) is 19.6 Å². The number of rotatable bonds is 5. The molecule has 0 fully saturated rings. The van der Waals surface area contributed by atoms with E-state index in [0.717, 1.165) is 11.3 Å². The van der Waals surface area contributed by atoms with E-state index in [1.165, 1.54) is 19.2 Å². The van der Waals surface area contributed by atoms with Gasteiger partial charge >= 0.3 is 5.97 Å². The normalized spacial score (nSPS) is 11.7. The molecule has 0 saturated heterocycles. The van der Waals surface area contributed by atoms with Gasteiger partial charge < -0.3 is 10.1 Å². The molecule has 4 heteroatoms. The molecule has 0 heterocycles. The van der Waals surface area contributed by atoms with E-state index in [4.69, 9.17) is 4.74 Å². The van der Waals surface area contributed by atoms with Crippen LogP contribution in [0.1, 0.15) is 18.0 Å². The Morgan fingerprint density at radius 1 is 1.15 bits per heavy atom. The van der Waals surface area contributed by atoms with E-state index in [9.17, 15) is 9.18 Å². The fourth-order valence-corrected chi connectivity index (χ4v) is 1.93. The summed E-state index contributed by atoms with van der Waals surface area (Å²) in [4.78, 5) is 11.5. The summed E-state index contributed by atoms with van der Waals surface area (Å²) < 4.78 is 17.6. The van der Waals surface area contributed by atoms with Crippen LogP contribution in [0.4, 0.5) is 10.1 Å². The molecular weight excluding hydrogens is 257 g/mol. The second kappa shape index (κ2) is 6.70. The van der Waals surface area contributed by atoms with E-state index in [0.29, 0.717) is 0 Å². The summed E-state index contributed by atoms with van der Waals surface area (Å²) in [7, 11) is 1.36. The van der Waals surface area contributed by atoms with Crippen LogP contribution in [0.25, 0.3) is 0 Å². The number of methoxy groups -OCH3 is 1. The molecule has 0 spiro atoms. The molecule has 0 saturated carbocycles. The van der Waals surface area contributed by atoms with Gasteiger partial charge in [0, 0.05) is 5.69 Å². The van der Waals surface area contributed by atoms with Crippen molar-refractivity contribution in [3.8, 4) is 0 Å². The van der Waals surface area contributed by atoms with Gasteiger partial charge in [0.2, 0.25) is 0 Å². The largest absolute Gasteiger partial charge is 0.469 e. The molecule has 0 aliphatic rings. The topological polar surface area (TPSA) is 38.3 Å². The zero-order chi connectivity index (χ0) is 14.4. The van der Waals surface area contributed by atoms with Crippen molar-refractivity contribution in [1.29, 1.82) is 0 Å². The highest BCUT2D eigenvalue weighted by Gasteiger charge is 2.16. The Morgan fingerprint density at radius 3 is 2.40 bits per heavy atom. The van der Waals surface area contributed by atoms with Crippen LogP contribution >= 0.6 is 0 Å². The maximum Gasteiger partial charge on any atom is 0.307 e. The average molecular weight is 273 g/mol. The molecule has 0 bridgehead atoms. The van der Waals surface area contributed by atoms with Gasteiger partial charge in [-0.25, -0.2) is 4.39 Å². The van der Waals surface area contributed by atoms with Gasteiger partial charge in [0.15, 0.2) is 0 Å². The van der Waals surface area contributed by atoms with Crippen molar-refractivity contribution in [2.75, 3.05) is 12.4 Å². The quantitative estimate of drug-likeness (QED) is 0.847. The Balaban J connectivity index is 2.18. The van der Waals surface area contributed by atoms with Crippen LogP contribution < -0.4 is 5.32 Å². The molecule has 2 aromatic carbocycles. The SMILES string of the molecule is COC(=O)C[C@H](Nc1ccc(F)cc1)c1ccccc1. The van der Waals surface area contributed by atoms with Crippen LogP contribution in [0.2, 0.25) is 0 Å². The molecule has 0 amide bonds. The molecule has 0 aliphatic heterocycles. The van der Waals surface area contributed by atoms with Crippen LogP contribution in [-0.2, 0) is 9.53 Å². The number of hydrogen-bond donors (Lipinski definition) is 1. The van der Waals surface area contributed by atoms with E-state index in [2.05, 4.69) is 5.32 Å². The highest BCUT2D eigenvalue weighted by Crippen LogP contribution is 2.23.